The standard InChI is InChI=1S/C10H16N2O.H2/c1-3-7(2)10-11-8-4-5-13-6-9(8)12-10;/h7H,3-6H2,1-2H3,(H,11,12);1H. The fourth-order valence-corrected chi connectivity index (χ4v) is 1.56. The molecule has 3 nitrogen and oxygen atoms in total. The molecule has 0 amide bonds. The van der Waals surface area contributed by atoms with Crippen molar-refractivity contribution in [3.63, 3.8) is 0 Å². The van der Waals surface area contributed by atoms with Gasteiger partial charge >= 0.3 is 0 Å². The number of ether oxygens (including phenoxy) is 1. The van der Waals surface area contributed by atoms with E-state index in [1.54, 1.807) is 0 Å². The van der Waals surface area contributed by atoms with Gasteiger partial charge in [-0.1, -0.05) is 13.8 Å². The van der Waals surface area contributed by atoms with Crippen molar-refractivity contribution in [2.45, 2.75) is 39.2 Å². The maximum atomic E-state index is 5.35. The smallest absolute Gasteiger partial charge is 0.109 e. The van der Waals surface area contributed by atoms with E-state index >= 15 is 0 Å². The second-order valence-electron chi connectivity index (χ2n) is 3.66. The number of nitrogens with zero attached hydrogens (tertiary/aromatic N) is 1. The van der Waals surface area contributed by atoms with E-state index in [9.17, 15) is 0 Å². The molecule has 2 heterocycles. The fraction of sp³-hybridized carbons (Fsp3) is 0.700. The van der Waals surface area contributed by atoms with Crippen LogP contribution in [0.3, 0.4) is 0 Å². The summed E-state index contributed by atoms with van der Waals surface area (Å²) in [5, 5.41) is 0. The third-order valence-corrected chi connectivity index (χ3v) is 2.69. The van der Waals surface area contributed by atoms with Gasteiger partial charge in [0, 0.05) is 13.8 Å². The van der Waals surface area contributed by atoms with Crippen LogP contribution in [0.5, 0.6) is 0 Å². The molecule has 3 heteroatoms. The van der Waals surface area contributed by atoms with Crippen molar-refractivity contribution in [3.8, 4) is 0 Å². The molecule has 13 heavy (non-hydrogen) atoms. The van der Waals surface area contributed by atoms with Crippen LogP contribution in [-0.2, 0) is 17.8 Å². The average molecular weight is 182 g/mol. The molecule has 1 aliphatic rings. The van der Waals surface area contributed by atoms with E-state index in [2.05, 4.69) is 23.8 Å². The van der Waals surface area contributed by atoms with Gasteiger partial charge in [0.2, 0.25) is 0 Å². The van der Waals surface area contributed by atoms with Gasteiger partial charge in [-0.2, -0.15) is 0 Å². The summed E-state index contributed by atoms with van der Waals surface area (Å²) in [6.07, 6.45) is 2.09. The summed E-state index contributed by atoms with van der Waals surface area (Å²) in [4.78, 5) is 7.93. The molecule has 1 aliphatic heterocycles. The number of H-pyrrole nitrogens is 1. The number of aromatic amines is 1. The maximum absolute atomic E-state index is 5.35. The minimum atomic E-state index is 0. The molecule has 0 spiro atoms. The highest BCUT2D eigenvalue weighted by atomic mass is 16.5. The Hall–Kier alpha value is -0.830. The van der Waals surface area contributed by atoms with Crippen LogP contribution >= 0.6 is 0 Å². The zero-order valence-corrected chi connectivity index (χ0v) is 8.26. The summed E-state index contributed by atoms with van der Waals surface area (Å²) in [6, 6.07) is 0. The lowest BCUT2D eigenvalue weighted by Gasteiger charge is -2.09. The van der Waals surface area contributed by atoms with Crippen LogP contribution in [0.4, 0.5) is 0 Å². The third-order valence-electron chi connectivity index (χ3n) is 2.69. The summed E-state index contributed by atoms with van der Waals surface area (Å²) in [5.74, 6) is 1.66. The van der Waals surface area contributed by atoms with Gasteiger partial charge in [0.15, 0.2) is 0 Å². The average Bonchev–Trinajstić information content (AvgIpc) is 2.59. The predicted molar refractivity (Wildman–Crippen MR) is 52.8 cm³/mol. The van der Waals surface area contributed by atoms with Crippen LogP contribution in [0.15, 0.2) is 0 Å². The van der Waals surface area contributed by atoms with E-state index in [0.717, 1.165) is 25.3 Å². The van der Waals surface area contributed by atoms with Gasteiger partial charge in [-0.15, -0.1) is 0 Å². The van der Waals surface area contributed by atoms with Gasteiger partial charge in [0.25, 0.3) is 0 Å². The molecule has 1 unspecified atom stereocenters. The summed E-state index contributed by atoms with van der Waals surface area (Å²) < 4.78 is 5.35. The number of nitrogens with one attached hydrogen (secondary N) is 1. The van der Waals surface area contributed by atoms with Crippen molar-refractivity contribution >= 4 is 0 Å². The van der Waals surface area contributed by atoms with Crippen molar-refractivity contribution in [2.24, 2.45) is 0 Å². The number of hydrogen-bond donors (Lipinski definition) is 1. The molecule has 0 fully saturated rings. The summed E-state index contributed by atoms with van der Waals surface area (Å²) in [6.45, 7) is 5.91. The third kappa shape index (κ3) is 1.61. The molecule has 0 saturated carbocycles. The van der Waals surface area contributed by atoms with Gasteiger partial charge in [0.1, 0.15) is 5.82 Å². The monoisotopic (exact) mass is 182 g/mol. The van der Waals surface area contributed by atoms with Crippen LogP contribution < -0.4 is 0 Å². The van der Waals surface area contributed by atoms with Gasteiger partial charge in [-0.05, 0) is 6.42 Å². The Labute approximate surface area is 80.0 Å². The Bertz CT molecular complexity index is 275. The van der Waals surface area contributed by atoms with E-state index in [1.807, 2.05) is 0 Å². The SMILES string of the molecule is CCC(C)c1nc2c([nH]1)COCC2.[HH]. The Morgan fingerprint density at radius 3 is 3.23 bits per heavy atom. The Balaban J connectivity index is 0.000000980. The zero-order chi connectivity index (χ0) is 9.26. The number of fused-ring (bicyclic) bond motifs is 1. The van der Waals surface area contributed by atoms with Crippen molar-refractivity contribution in [2.75, 3.05) is 6.61 Å². The topological polar surface area (TPSA) is 37.9 Å². The molecule has 0 bridgehead atoms. The van der Waals surface area contributed by atoms with Crippen molar-refractivity contribution in [1.29, 1.82) is 0 Å². The first-order valence-electron chi connectivity index (χ1n) is 4.96. The van der Waals surface area contributed by atoms with E-state index in [0.29, 0.717) is 12.5 Å². The first-order valence-corrected chi connectivity index (χ1v) is 4.96. The quantitative estimate of drug-likeness (QED) is 0.761. The number of hydrogen-bond acceptors (Lipinski definition) is 2. The van der Waals surface area contributed by atoms with Crippen LogP contribution in [0.2, 0.25) is 0 Å². The van der Waals surface area contributed by atoms with Gasteiger partial charge in [0.05, 0.1) is 24.6 Å². The second kappa shape index (κ2) is 3.50. The molecule has 74 valence electrons. The molecular formula is C10H18N2O. The summed E-state index contributed by atoms with van der Waals surface area (Å²) >= 11 is 0. The minimum Gasteiger partial charge on any atom is -0.375 e. The van der Waals surface area contributed by atoms with Crippen LogP contribution in [0.25, 0.3) is 0 Å². The molecule has 1 atom stereocenters. The molecule has 0 radical (unpaired) electrons. The summed E-state index contributed by atoms with van der Waals surface area (Å²) in [7, 11) is 0. The maximum Gasteiger partial charge on any atom is 0.109 e. The second-order valence-corrected chi connectivity index (χ2v) is 3.66. The lowest BCUT2D eigenvalue weighted by atomic mass is 10.1. The first kappa shape index (κ1) is 8.75. The van der Waals surface area contributed by atoms with Crippen molar-refractivity contribution in [1.82, 2.24) is 9.97 Å². The number of rotatable bonds is 2. The minimum absolute atomic E-state index is 0. The molecule has 2 rings (SSSR count). The van der Waals surface area contributed by atoms with E-state index < -0.39 is 0 Å². The van der Waals surface area contributed by atoms with Crippen molar-refractivity contribution in [3.05, 3.63) is 17.2 Å². The molecule has 1 aromatic rings. The normalized spacial score (nSPS) is 18.3. The highest BCUT2D eigenvalue weighted by Crippen LogP contribution is 2.20. The van der Waals surface area contributed by atoms with Crippen LogP contribution in [-0.4, -0.2) is 16.6 Å². The Morgan fingerprint density at radius 2 is 2.54 bits per heavy atom. The molecule has 1 aromatic heterocycles. The van der Waals surface area contributed by atoms with Gasteiger partial charge in [-0.25, -0.2) is 4.98 Å². The largest absolute Gasteiger partial charge is 0.375 e. The molecule has 1 N–H and O–H groups in total. The lowest BCUT2D eigenvalue weighted by Crippen LogP contribution is -2.08. The number of aromatic nitrogens is 2. The van der Waals surface area contributed by atoms with E-state index in [4.69, 9.17) is 4.74 Å². The summed E-state index contributed by atoms with van der Waals surface area (Å²) in [5.41, 5.74) is 2.39. The Kier molecular flexibility index (Phi) is 2.36. The molecule has 0 aromatic carbocycles. The van der Waals surface area contributed by atoms with E-state index in [-0.39, 0.29) is 1.43 Å². The molecule has 0 aliphatic carbocycles. The predicted octanol–water partition coefficient (Wildman–Crippen LogP) is 2.24. The van der Waals surface area contributed by atoms with Gasteiger partial charge in [-0.3, -0.25) is 0 Å². The highest BCUT2D eigenvalue weighted by Gasteiger charge is 2.16. The van der Waals surface area contributed by atoms with Crippen LogP contribution in [0.1, 0.15) is 44.8 Å². The fourth-order valence-electron chi connectivity index (χ4n) is 1.56. The van der Waals surface area contributed by atoms with Gasteiger partial charge < -0.3 is 9.72 Å². The van der Waals surface area contributed by atoms with E-state index in [1.165, 1.54) is 11.4 Å². The first-order chi connectivity index (χ1) is 6.31. The Morgan fingerprint density at radius 1 is 1.69 bits per heavy atom. The molecular weight excluding hydrogens is 164 g/mol. The lowest BCUT2D eigenvalue weighted by molar-refractivity contribution is 0.107. The number of imidazole rings is 1. The zero-order valence-electron chi connectivity index (χ0n) is 8.26. The van der Waals surface area contributed by atoms with Crippen molar-refractivity contribution < 1.29 is 6.16 Å². The van der Waals surface area contributed by atoms with Crippen LogP contribution in [0, 0.1) is 0 Å². The highest BCUT2D eigenvalue weighted by molar-refractivity contribution is 5.17. The molecule has 0 saturated heterocycles.